The maximum atomic E-state index is 13.0. The summed E-state index contributed by atoms with van der Waals surface area (Å²) in [5.41, 5.74) is 2.24. The summed E-state index contributed by atoms with van der Waals surface area (Å²) in [5, 5.41) is 10.9. The SMILES string of the molecule is Cc1ccc(S(=O)(=O)N2CC[C@H](C[N+](=O)[O-])c3ccccc32)cc1. The minimum atomic E-state index is -3.68. The van der Waals surface area contributed by atoms with E-state index in [-0.39, 0.29) is 28.8 Å². The van der Waals surface area contributed by atoms with Crippen molar-refractivity contribution in [2.45, 2.75) is 24.2 Å². The third-order valence-corrected chi connectivity index (χ3v) is 6.13. The van der Waals surface area contributed by atoms with Gasteiger partial charge < -0.3 is 0 Å². The number of aryl methyl sites for hydroxylation is 1. The summed E-state index contributed by atoms with van der Waals surface area (Å²) in [6.45, 7) is 1.95. The van der Waals surface area contributed by atoms with Gasteiger partial charge in [-0.15, -0.1) is 0 Å². The lowest BCUT2D eigenvalue weighted by atomic mass is 9.91. The second-order valence-corrected chi connectivity index (χ2v) is 7.81. The Morgan fingerprint density at radius 3 is 2.50 bits per heavy atom. The van der Waals surface area contributed by atoms with Crippen LogP contribution < -0.4 is 4.31 Å². The molecule has 6 nitrogen and oxygen atoms in total. The number of sulfonamides is 1. The highest BCUT2D eigenvalue weighted by Gasteiger charge is 2.34. The molecule has 0 radical (unpaired) electrons. The van der Waals surface area contributed by atoms with Crippen LogP contribution in [-0.2, 0) is 10.0 Å². The highest BCUT2D eigenvalue weighted by molar-refractivity contribution is 7.92. The van der Waals surface area contributed by atoms with E-state index in [0.29, 0.717) is 12.1 Å². The molecule has 2 aromatic carbocycles. The molecule has 0 amide bonds. The third kappa shape index (κ3) is 2.99. The van der Waals surface area contributed by atoms with Gasteiger partial charge in [0.05, 0.1) is 16.5 Å². The summed E-state index contributed by atoms with van der Waals surface area (Å²) >= 11 is 0. The Morgan fingerprint density at radius 2 is 1.83 bits per heavy atom. The normalized spacial score (nSPS) is 17.4. The number of rotatable bonds is 4. The van der Waals surface area contributed by atoms with Crippen LogP contribution >= 0.6 is 0 Å². The van der Waals surface area contributed by atoms with Crippen molar-refractivity contribution in [3.8, 4) is 0 Å². The van der Waals surface area contributed by atoms with Gasteiger partial charge >= 0.3 is 0 Å². The fourth-order valence-electron chi connectivity index (χ4n) is 3.07. The van der Waals surface area contributed by atoms with E-state index in [4.69, 9.17) is 0 Å². The molecule has 0 spiro atoms. The van der Waals surface area contributed by atoms with Gasteiger partial charge in [-0.2, -0.15) is 0 Å². The predicted molar refractivity (Wildman–Crippen MR) is 91.4 cm³/mol. The second-order valence-electron chi connectivity index (χ2n) is 5.95. The zero-order chi connectivity index (χ0) is 17.3. The molecule has 0 fully saturated rings. The molecule has 0 N–H and O–H groups in total. The van der Waals surface area contributed by atoms with Gasteiger partial charge in [0.25, 0.3) is 10.0 Å². The number of benzene rings is 2. The molecular formula is C17H18N2O4S. The molecule has 126 valence electrons. The van der Waals surface area contributed by atoms with Crippen molar-refractivity contribution in [3.05, 3.63) is 69.8 Å². The van der Waals surface area contributed by atoms with Gasteiger partial charge in [-0.3, -0.25) is 14.4 Å². The number of hydrogen-bond donors (Lipinski definition) is 0. The lowest BCUT2D eigenvalue weighted by molar-refractivity contribution is -0.483. The first kappa shape index (κ1) is 16.4. The number of hydrogen-bond acceptors (Lipinski definition) is 4. The van der Waals surface area contributed by atoms with E-state index in [1.165, 1.54) is 4.31 Å². The van der Waals surface area contributed by atoms with Crippen molar-refractivity contribution >= 4 is 15.7 Å². The summed E-state index contributed by atoms with van der Waals surface area (Å²) < 4.78 is 27.3. The zero-order valence-corrected chi connectivity index (χ0v) is 14.1. The van der Waals surface area contributed by atoms with Crippen molar-refractivity contribution in [1.82, 2.24) is 0 Å². The van der Waals surface area contributed by atoms with Crippen LogP contribution in [0.25, 0.3) is 0 Å². The second kappa shape index (κ2) is 6.24. The number of para-hydroxylation sites is 1. The Morgan fingerprint density at radius 1 is 1.17 bits per heavy atom. The Kier molecular flexibility index (Phi) is 4.28. The topological polar surface area (TPSA) is 80.5 Å². The Bertz CT molecular complexity index is 862. The fraction of sp³-hybridized carbons (Fsp3) is 0.294. The van der Waals surface area contributed by atoms with Crippen molar-refractivity contribution in [1.29, 1.82) is 0 Å². The molecule has 1 aliphatic heterocycles. The molecule has 1 aliphatic rings. The van der Waals surface area contributed by atoms with Crippen LogP contribution in [0.15, 0.2) is 53.4 Å². The van der Waals surface area contributed by atoms with Crippen molar-refractivity contribution in [2.75, 3.05) is 17.4 Å². The minimum absolute atomic E-state index is 0.185. The van der Waals surface area contributed by atoms with Gasteiger partial charge in [-0.05, 0) is 37.1 Å². The standard InChI is InChI=1S/C17H18N2O4S/c1-13-6-8-15(9-7-13)24(22,23)18-11-10-14(12-19(20)21)16-4-2-3-5-17(16)18/h2-9,14H,10-12H2,1H3/t14-/m1/s1. The van der Waals surface area contributed by atoms with E-state index in [1.54, 1.807) is 48.5 Å². The van der Waals surface area contributed by atoms with Crippen LogP contribution in [0.2, 0.25) is 0 Å². The van der Waals surface area contributed by atoms with Crippen molar-refractivity contribution in [3.63, 3.8) is 0 Å². The molecule has 2 aromatic rings. The van der Waals surface area contributed by atoms with Crippen LogP contribution in [-0.4, -0.2) is 26.4 Å². The maximum absolute atomic E-state index is 13.0. The largest absolute Gasteiger partial charge is 0.266 e. The van der Waals surface area contributed by atoms with E-state index < -0.39 is 10.0 Å². The summed E-state index contributed by atoms with van der Waals surface area (Å²) in [7, 11) is -3.68. The molecule has 0 aromatic heterocycles. The summed E-state index contributed by atoms with van der Waals surface area (Å²) in [6, 6.07) is 13.7. The van der Waals surface area contributed by atoms with Gasteiger partial charge in [0.2, 0.25) is 6.54 Å². The van der Waals surface area contributed by atoms with E-state index in [1.807, 2.05) is 6.92 Å². The Labute approximate surface area is 140 Å². The molecule has 0 bridgehead atoms. The zero-order valence-electron chi connectivity index (χ0n) is 13.3. The highest BCUT2D eigenvalue weighted by Crippen LogP contribution is 2.38. The molecule has 24 heavy (non-hydrogen) atoms. The van der Waals surface area contributed by atoms with Gasteiger partial charge in [-0.1, -0.05) is 35.9 Å². The van der Waals surface area contributed by atoms with Crippen LogP contribution in [0.4, 0.5) is 5.69 Å². The lowest BCUT2D eigenvalue weighted by Gasteiger charge is -2.33. The van der Waals surface area contributed by atoms with E-state index >= 15 is 0 Å². The first-order valence-corrected chi connectivity index (χ1v) is 9.14. The highest BCUT2D eigenvalue weighted by atomic mass is 32.2. The van der Waals surface area contributed by atoms with Gasteiger partial charge in [0, 0.05) is 11.5 Å². The Balaban J connectivity index is 2.03. The average molecular weight is 346 g/mol. The maximum Gasteiger partial charge on any atom is 0.264 e. The number of anilines is 1. The summed E-state index contributed by atoms with van der Waals surface area (Å²) in [5.74, 6) is -0.263. The number of nitrogens with zero attached hydrogens (tertiary/aromatic N) is 2. The first-order chi connectivity index (χ1) is 11.4. The molecule has 3 rings (SSSR count). The molecule has 0 aliphatic carbocycles. The van der Waals surface area contributed by atoms with E-state index in [9.17, 15) is 18.5 Å². The lowest BCUT2D eigenvalue weighted by Crippen LogP contribution is -2.37. The van der Waals surface area contributed by atoms with Gasteiger partial charge in [0.15, 0.2) is 0 Å². The molecule has 1 atom stereocenters. The first-order valence-electron chi connectivity index (χ1n) is 7.70. The third-order valence-electron chi connectivity index (χ3n) is 4.30. The quantitative estimate of drug-likeness (QED) is 0.630. The predicted octanol–water partition coefficient (Wildman–Crippen LogP) is 2.95. The fourth-order valence-corrected chi connectivity index (χ4v) is 4.57. The van der Waals surface area contributed by atoms with E-state index in [0.717, 1.165) is 11.1 Å². The molecule has 0 unspecified atom stereocenters. The monoisotopic (exact) mass is 346 g/mol. The molecular weight excluding hydrogens is 328 g/mol. The number of fused-ring (bicyclic) bond motifs is 1. The molecule has 0 saturated carbocycles. The molecule has 0 saturated heterocycles. The van der Waals surface area contributed by atoms with Crippen molar-refractivity contribution < 1.29 is 13.3 Å². The summed E-state index contributed by atoms with van der Waals surface area (Å²) in [6.07, 6.45) is 0.434. The van der Waals surface area contributed by atoms with Gasteiger partial charge in [0.1, 0.15) is 0 Å². The summed E-state index contributed by atoms with van der Waals surface area (Å²) in [4.78, 5) is 10.8. The minimum Gasteiger partial charge on any atom is -0.266 e. The number of nitro groups is 1. The molecule has 1 heterocycles. The van der Waals surface area contributed by atoms with Crippen molar-refractivity contribution in [2.24, 2.45) is 0 Å². The Hall–Kier alpha value is -2.41. The van der Waals surface area contributed by atoms with Crippen LogP contribution in [0.1, 0.15) is 23.5 Å². The van der Waals surface area contributed by atoms with Crippen LogP contribution in [0.5, 0.6) is 0 Å². The van der Waals surface area contributed by atoms with Crippen LogP contribution in [0, 0.1) is 17.0 Å². The smallest absolute Gasteiger partial charge is 0.264 e. The van der Waals surface area contributed by atoms with Crippen LogP contribution in [0.3, 0.4) is 0 Å². The average Bonchev–Trinajstić information content (AvgIpc) is 2.55. The van der Waals surface area contributed by atoms with E-state index in [2.05, 4.69) is 0 Å². The van der Waals surface area contributed by atoms with Gasteiger partial charge in [-0.25, -0.2) is 8.42 Å². The molecule has 7 heteroatoms.